The molecule has 0 unspecified atom stereocenters. The Hall–Kier alpha value is -0.340. The Bertz CT molecular complexity index is 323. The minimum Gasteiger partial charge on any atom is -0.281 e. The van der Waals surface area contributed by atoms with Crippen LogP contribution >= 0.6 is 27.5 Å². The topological polar surface area (TPSA) is 17.1 Å². The molecule has 0 heterocycles. The predicted molar refractivity (Wildman–Crippen MR) is 58.1 cm³/mol. The van der Waals surface area contributed by atoms with E-state index in [1.165, 1.54) is 5.56 Å². The largest absolute Gasteiger partial charge is 0.281 e. The number of rotatable bonds is 3. The first-order chi connectivity index (χ1) is 6.09. The highest BCUT2D eigenvalue weighted by atomic mass is 79.9. The molecule has 70 valence electrons. The molecule has 0 N–H and O–H groups in total. The first kappa shape index (κ1) is 10.7. The van der Waals surface area contributed by atoms with Crippen molar-refractivity contribution in [3.8, 4) is 0 Å². The van der Waals surface area contributed by atoms with Crippen molar-refractivity contribution in [1.82, 2.24) is 0 Å². The highest BCUT2D eigenvalue weighted by Crippen LogP contribution is 2.19. The van der Waals surface area contributed by atoms with Gasteiger partial charge in [-0.15, -0.1) is 0 Å². The van der Waals surface area contributed by atoms with Crippen LogP contribution in [0.4, 0.5) is 0 Å². The molecule has 3 heteroatoms. The van der Waals surface area contributed by atoms with Crippen molar-refractivity contribution in [3.63, 3.8) is 0 Å². The number of carbonyl (C=O) groups excluding carboxylic acids is 1. The Morgan fingerprint density at radius 3 is 2.77 bits per heavy atom. The average Bonchev–Trinajstić information content (AvgIpc) is 2.02. The number of aryl methyl sites for hydroxylation is 2. The summed E-state index contributed by atoms with van der Waals surface area (Å²) in [5.74, 6) is 0. The zero-order chi connectivity index (χ0) is 9.84. The Morgan fingerprint density at radius 2 is 2.23 bits per heavy atom. The summed E-state index contributed by atoms with van der Waals surface area (Å²) in [5.41, 5.74) is 2.33. The van der Waals surface area contributed by atoms with Gasteiger partial charge in [-0.05, 0) is 42.1 Å². The Kier molecular flexibility index (Phi) is 3.94. The van der Waals surface area contributed by atoms with Gasteiger partial charge in [0.15, 0.2) is 0 Å². The zero-order valence-corrected chi connectivity index (χ0v) is 9.65. The van der Waals surface area contributed by atoms with Crippen LogP contribution in [0.1, 0.15) is 17.5 Å². The SMILES string of the molecule is Cc1ccc(CCC(=O)Cl)c(Br)c1. The van der Waals surface area contributed by atoms with Crippen molar-refractivity contribution < 1.29 is 4.79 Å². The fourth-order valence-corrected chi connectivity index (χ4v) is 1.87. The van der Waals surface area contributed by atoms with Gasteiger partial charge in [0, 0.05) is 10.9 Å². The molecule has 0 radical (unpaired) electrons. The van der Waals surface area contributed by atoms with Crippen LogP contribution in [0.25, 0.3) is 0 Å². The first-order valence-electron chi connectivity index (χ1n) is 4.03. The highest BCUT2D eigenvalue weighted by molar-refractivity contribution is 9.10. The Labute approximate surface area is 91.2 Å². The Balaban J connectivity index is 2.72. The van der Waals surface area contributed by atoms with E-state index in [1.54, 1.807) is 0 Å². The van der Waals surface area contributed by atoms with Crippen LogP contribution < -0.4 is 0 Å². The summed E-state index contributed by atoms with van der Waals surface area (Å²) in [4.78, 5) is 10.5. The van der Waals surface area contributed by atoms with Crippen LogP contribution in [0.2, 0.25) is 0 Å². The van der Waals surface area contributed by atoms with Crippen molar-refractivity contribution in [2.75, 3.05) is 0 Å². The van der Waals surface area contributed by atoms with Crippen molar-refractivity contribution >= 4 is 32.8 Å². The maximum atomic E-state index is 10.5. The van der Waals surface area contributed by atoms with Crippen LogP contribution in [0, 0.1) is 6.92 Å². The van der Waals surface area contributed by atoms with Gasteiger partial charge in [-0.3, -0.25) is 4.79 Å². The predicted octanol–water partition coefficient (Wildman–Crippen LogP) is 3.46. The quantitative estimate of drug-likeness (QED) is 0.762. The Morgan fingerprint density at radius 1 is 1.54 bits per heavy atom. The lowest BCUT2D eigenvalue weighted by Gasteiger charge is -2.03. The third-order valence-corrected chi connectivity index (χ3v) is 2.73. The molecule has 1 aromatic rings. The molecule has 13 heavy (non-hydrogen) atoms. The summed E-state index contributed by atoms with van der Waals surface area (Å²) < 4.78 is 1.05. The van der Waals surface area contributed by atoms with Crippen molar-refractivity contribution in [2.24, 2.45) is 0 Å². The smallest absolute Gasteiger partial charge is 0.221 e. The zero-order valence-electron chi connectivity index (χ0n) is 7.31. The van der Waals surface area contributed by atoms with Gasteiger partial charge < -0.3 is 0 Å². The third kappa shape index (κ3) is 3.49. The van der Waals surface area contributed by atoms with E-state index in [0.717, 1.165) is 10.0 Å². The number of carbonyl (C=O) groups is 1. The molecule has 0 bridgehead atoms. The monoisotopic (exact) mass is 260 g/mol. The number of halogens is 2. The van der Waals surface area contributed by atoms with Crippen LogP contribution in [0.5, 0.6) is 0 Å². The normalized spacial score (nSPS) is 10.1. The second-order valence-electron chi connectivity index (χ2n) is 2.95. The number of benzene rings is 1. The van der Waals surface area contributed by atoms with Crippen LogP contribution in [0.15, 0.2) is 22.7 Å². The van der Waals surface area contributed by atoms with Gasteiger partial charge in [0.05, 0.1) is 0 Å². The number of hydrogen-bond acceptors (Lipinski definition) is 1. The molecule has 0 amide bonds. The lowest BCUT2D eigenvalue weighted by molar-refractivity contribution is -0.111. The summed E-state index contributed by atoms with van der Waals surface area (Å²) in [5, 5.41) is -0.285. The molecule has 0 saturated heterocycles. The maximum Gasteiger partial charge on any atom is 0.221 e. The van der Waals surface area contributed by atoms with Gasteiger partial charge in [0.1, 0.15) is 0 Å². The van der Waals surface area contributed by atoms with E-state index in [2.05, 4.69) is 15.9 Å². The molecule has 0 aliphatic carbocycles. The minimum atomic E-state index is -0.285. The molecule has 0 aromatic heterocycles. The molecule has 1 aromatic carbocycles. The maximum absolute atomic E-state index is 10.5. The standard InChI is InChI=1S/C10H10BrClO/c1-7-2-3-8(9(11)6-7)4-5-10(12)13/h2-3,6H,4-5H2,1H3. The van der Waals surface area contributed by atoms with Gasteiger partial charge in [0.2, 0.25) is 5.24 Å². The van der Waals surface area contributed by atoms with Gasteiger partial charge in [-0.1, -0.05) is 28.1 Å². The second-order valence-corrected chi connectivity index (χ2v) is 4.23. The van der Waals surface area contributed by atoms with Crippen LogP contribution in [-0.2, 0) is 11.2 Å². The second kappa shape index (κ2) is 4.77. The van der Waals surface area contributed by atoms with Crippen molar-refractivity contribution in [2.45, 2.75) is 19.8 Å². The van der Waals surface area contributed by atoms with E-state index in [0.29, 0.717) is 12.8 Å². The fraction of sp³-hybridized carbons (Fsp3) is 0.300. The minimum absolute atomic E-state index is 0.285. The molecule has 1 nitrogen and oxygen atoms in total. The molecular weight excluding hydrogens is 251 g/mol. The van der Waals surface area contributed by atoms with E-state index in [4.69, 9.17) is 11.6 Å². The molecular formula is C10H10BrClO. The van der Waals surface area contributed by atoms with Crippen molar-refractivity contribution in [3.05, 3.63) is 33.8 Å². The van der Waals surface area contributed by atoms with E-state index >= 15 is 0 Å². The first-order valence-corrected chi connectivity index (χ1v) is 5.20. The lowest BCUT2D eigenvalue weighted by Crippen LogP contribution is -1.92. The molecule has 0 fully saturated rings. The molecule has 0 aliphatic rings. The van der Waals surface area contributed by atoms with E-state index in [9.17, 15) is 4.79 Å². The van der Waals surface area contributed by atoms with Gasteiger partial charge >= 0.3 is 0 Å². The van der Waals surface area contributed by atoms with Gasteiger partial charge in [-0.25, -0.2) is 0 Å². The summed E-state index contributed by atoms with van der Waals surface area (Å²) in [6.07, 6.45) is 1.09. The summed E-state index contributed by atoms with van der Waals surface area (Å²) in [7, 11) is 0. The van der Waals surface area contributed by atoms with Crippen LogP contribution in [0.3, 0.4) is 0 Å². The summed E-state index contributed by atoms with van der Waals surface area (Å²) >= 11 is 8.70. The molecule has 0 aliphatic heterocycles. The van der Waals surface area contributed by atoms with E-state index in [1.807, 2.05) is 25.1 Å². The molecule has 0 atom stereocenters. The van der Waals surface area contributed by atoms with Gasteiger partial charge in [0.25, 0.3) is 0 Å². The lowest BCUT2D eigenvalue weighted by atomic mass is 10.1. The third-order valence-electron chi connectivity index (χ3n) is 1.80. The van der Waals surface area contributed by atoms with Crippen molar-refractivity contribution in [1.29, 1.82) is 0 Å². The average molecular weight is 262 g/mol. The molecule has 0 spiro atoms. The molecule has 0 saturated carbocycles. The fourth-order valence-electron chi connectivity index (χ4n) is 1.09. The highest BCUT2D eigenvalue weighted by Gasteiger charge is 2.02. The summed E-state index contributed by atoms with van der Waals surface area (Å²) in [6, 6.07) is 6.08. The molecule has 1 rings (SSSR count). The van der Waals surface area contributed by atoms with E-state index in [-0.39, 0.29) is 5.24 Å². The summed E-state index contributed by atoms with van der Waals surface area (Å²) in [6.45, 7) is 2.03. The number of hydrogen-bond donors (Lipinski definition) is 0. The van der Waals surface area contributed by atoms with Crippen LogP contribution in [-0.4, -0.2) is 5.24 Å². The van der Waals surface area contributed by atoms with E-state index < -0.39 is 0 Å². The van der Waals surface area contributed by atoms with Gasteiger partial charge in [-0.2, -0.15) is 0 Å².